The third-order valence-electron chi connectivity index (χ3n) is 3.30. The molecular formula is C12H18N4O3. The molecule has 1 aliphatic rings. The van der Waals surface area contributed by atoms with Crippen LogP contribution in [0.5, 0.6) is 0 Å². The predicted molar refractivity (Wildman–Crippen MR) is 67.4 cm³/mol. The molecule has 7 heteroatoms. The molecule has 2 amide bonds. The average molecular weight is 266 g/mol. The van der Waals surface area contributed by atoms with Crippen LogP contribution in [-0.2, 0) is 11.3 Å². The number of carbonyl (C=O) groups excluding carboxylic acids is 1. The highest BCUT2D eigenvalue weighted by atomic mass is 16.4. The van der Waals surface area contributed by atoms with Gasteiger partial charge in [0.05, 0.1) is 6.54 Å². The van der Waals surface area contributed by atoms with Gasteiger partial charge in [0.2, 0.25) is 0 Å². The van der Waals surface area contributed by atoms with Gasteiger partial charge in [0.25, 0.3) is 0 Å². The normalized spacial score (nSPS) is 18.5. The minimum Gasteiger partial charge on any atom is -0.481 e. The quantitative estimate of drug-likeness (QED) is 0.734. The molecule has 0 aromatic carbocycles. The first-order valence-corrected chi connectivity index (χ1v) is 6.38. The highest BCUT2D eigenvalue weighted by Gasteiger charge is 2.26. The number of hydrogen-bond acceptors (Lipinski definition) is 3. The third kappa shape index (κ3) is 3.97. The van der Waals surface area contributed by atoms with Crippen molar-refractivity contribution in [1.29, 1.82) is 0 Å². The smallest absolute Gasteiger partial charge is 0.317 e. The number of urea groups is 1. The van der Waals surface area contributed by atoms with Crippen molar-refractivity contribution < 1.29 is 14.7 Å². The van der Waals surface area contributed by atoms with Crippen LogP contribution in [0, 0.1) is 5.92 Å². The number of carbonyl (C=O) groups is 2. The van der Waals surface area contributed by atoms with Gasteiger partial charge in [-0.1, -0.05) is 0 Å². The van der Waals surface area contributed by atoms with E-state index >= 15 is 0 Å². The molecule has 0 spiro atoms. The van der Waals surface area contributed by atoms with Crippen molar-refractivity contribution in [1.82, 2.24) is 20.2 Å². The molecule has 1 fully saturated rings. The summed E-state index contributed by atoms with van der Waals surface area (Å²) in [6, 6.07) is -0.116. The van der Waals surface area contributed by atoms with Crippen molar-refractivity contribution in [3.8, 4) is 0 Å². The van der Waals surface area contributed by atoms with E-state index in [2.05, 4.69) is 15.3 Å². The highest BCUT2D eigenvalue weighted by molar-refractivity contribution is 5.74. The van der Waals surface area contributed by atoms with E-state index in [1.165, 1.54) is 0 Å². The van der Waals surface area contributed by atoms with Crippen molar-refractivity contribution in [3.63, 3.8) is 0 Å². The third-order valence-corrected chi connectivity index (χ3v) is 3.30. The summed E-state index contributed by atoms with van der Waals surface area (Å²) in [4.78, 5) is 31.1. The molecule has 104 valence electrons. The van der Waals surface area contributed by atoms with Gasteiger partial charge < -0.3 is 20.3 Å². The molecular weight excluding hydrogens is 248 g/mol. The Balaban J connectivity index is 1.71. The van der Waals surface area contributed by atoms with Crippen molar-refractivity contribution in [2.45, 2.75) is 25.8 Å². The first-order chi connectivity index (χ1) is 9.15. The van der Waals surface area contributed by atoms with Gasteiger partial charge in [0.15, 0.2) is 0 Å². The number of nitrogens with one attached hydrogen (secondary N) is 2. The van der Waals surface area contributed by atoms with E-state index in [1.54, 1.807) is 17.3 Å². The van der Waals surface area contributed by atoms with Crippen LogP contribution in [0.1, 0.15) is 25.1 Å². The lowest BCUT2D eigenvalue weighted by molar-refractivity contribution is -0.137. The summed E-state index contributed by atoms with van der Waals surface area (Å²) >= 11 is 0. The van der Waals surface area contributed by atoms with Gasteiger partial charge in [-0.2, -0.15) is 0 Å². The largest absolute Gasteiger partial charge is 0.481 e. The number of aromatic amines is 1. The van der Waals surface area contributed by atoms with Crippen LogP contribution in [0.3, 0.4) is 0 Å². The van der Waals surface area contributed by atoms with E-state index in [4.69, 9.17) is 5.11 Å². The van der Waals surface area contributed by atoms with E-state index in [0.29, 0.717) is 32.0 Å². The molecule has 1 aromatic heterocycles. The van der Waals surface area contributed by atoms with Gasteiger partial charge >= 0.3 is 12.0 Å². The molecule has 1 aromatic rings. The Labute approximate surface area is 111 Å². The number of H-pyrrole nitrogens is 1. The molecule has 1 aliphatic heterocycles. The number of amides is 2. The number of carboxylic acids is 1. The molecule has 7 nitrogen and oxygen atoms in total. The zero-order chi connectivity index (χ0) is 13.7. The molecule has 1 unspecified atom stereocenters. The Kier molecular flexibility index (Phi) is 4.38. The number of aromatic nitrogens is 2. The summed E-state index contributed by atoms with van der Waals surface area (Å²) < 4.78 is 0. The number of hydrogen-bond donors (Lipinski definition) is 3. The van der Waals surface area contributed by atoms with Crippen molar-refractivity contribution in [3.05, 3.63) is 18.2 Å². The molecule has 0 aliphatic carbocycles. The zero-order valence-corrected chi connectivity index (χ0v) is 10.6. The number of aliphatic carboxylic acids is 1. The van der Waals surface area contributed by atoms with Crippen molar-refractivity contribution in [2.75, 3.05) is 13.1 Å². The maximum absolute atomic E-state index is 11.9. The Morgan fingerprint density at radius 2 is 2.42 bits per heavy atom. The second-order valence-corrected chi connectivity index (χ2v) is 4.73. The van der Waals surface area contributed by atoms with E-state index < -0.39 is 5.97 Å². The van der Waals surface area contributed by atoms with E-state index in [9.17, 15) is 9.59 Å². The zero-order valence-electron chi connectivity index (χ0n) is 10.6. The van der Waals surface area contributed by atoms with E-state index in [0.717, 1.165) is 12.2 Å². The molecule has 2 rings (SSSR count). The minimum atomic E-state index is -0.777. The average Bonchev–Trinajstić information content (AvgIpc) is 3.04. The summed E-state index contributed by atoms with van der Waals surface area (Å²) in [5.74, 6) is 0.237. The Morgan fingerprint density at radius 3 is 3.11 bits per heavy atom. The van der Waals surface area contributed by atoms with Gasteiger partial charge in [-0.05, 0) is 18.8 Å². The number of likely N-dealkylation sites (tertiary alicyclic amines) is 1. The van der Waals surface area contributed by atoms with Crippen LogP contribution >= 0.6 is 0 Å². The first kappa shape index (κ1) is 13.4. The number of imidazole rings is 1. The molecule has 2 heterocycles. The highest BCUT2D eigenvalue weighted by Crippen LogP contribution is 2.20. The second kappa shape index (κ2) is 6.21. The second-order valence-electron chi connectivity index (χ2n) is 4.73. The summed E-state index contributed by atoms with van der Waals surface area (Å²) in [7, 11) is 0. The van der Waals surface area contributed by atoms with Crippen LogP contribution in [0.25, 0.3) is 0 Å². The van der Waals surface area contributed by atoms with Crippen LogP contribution in [0.15, 0.2) is 12.4 Å². The summed E-state index contributed by atoms with van der Waals surface area (Å²) in [5, 5.41) is 11.4. The maximum atomic E-state index is 11.9. The molecule has 0 radical (unpaired) electrons. The van der Waals surface area contributed by atoms with E-state index in [1.807, 2.05) is 0 Å². The molecule has 0 bridgehead atoms. The standard InChI is InChI=1S/C12H18N4O3/c17-11(18)2-1-9-3-6-16(8-9)12(19)15-7-10-13-4-5-14-10/h4-5,9H,1-3,6-8H2,(H,13,14)(H,15,19)(H,17,18). The Hall–Kier alpha value is -2.05. The van der Waals surface area contributed by atoms with Crippen molar-refractivity contribution >= 4 is 12.0 Å². The van der Waals surface area contributed by atoms with Crippen LogP contribution < -0.4 is 5.32 Å². The number of nitrogens with zero attached hydrogens (tertiary/aromatic N) is 2. The number of rotatable bonds is 5. The topological polar surface area (TPSA) is 98.3 Å². The molecule has 3 N–H and O–H groups in total. The predicted octanol–water partition coefficient (Wildman–Crippen LogP) is 0.806. The lowest BCUT2D eigenvalue weighted by Crippen LogP contribution is -2.38. The minimum absolute atomic E-state index is 0.116. The fraction of sp³-hybridized carbons (Fsp3) is 0.583. The van der Waals surface area contributed by atoms with Gasteiger partial charge in [0, 0.05) is 31.9 Å². The molecule has 19 heavy (non-hydrogen) atoms. The molecule has 1 saturated heterocycles. The lowest BCUT2D eigenvalue weighted by atomic mass is 10.0. The number of carboxylic acid groups (broad SMARTS) is 1. The van der Waals surface area contributed by atoms with Gasteiger partial charge in [-0.25, -0.2) is 9.78 Å². The Bertz CT molecular complexity index is 432. The van der Waals surface area contributed by atoms with Crippen LogP contribution in [0.2, 0.25) is 0 Å². The monoisotopic (exact) mass is 266 g/mol. The van der Waals surface area contributed by atoms with Crippen LogP contribution in [0.4, 0.5) is 4.79 Å². The van der Waals surface area contributed by atoms with E-state index in [-0.39, 0.29) is 12.5 Å². The van der Waals surface area contributed by atoms with Gasteiger partial charge in [-0.3, -0.25) is 4.79 Å². The first-order valence-electron chi connectivity index (χ1n) is 6.38. The summed E-state index contributed by atoms with van der Waals surface area (Å²) in [6.07, 6.45) is 5.03. The fourth-order valence-electron chi connectivity index (χ4n) is 2.25. The van der Waals surface area contributed by atoms with Crippen LogP contribution in [-0.4, -0.2) is 45.1 Å². The maximum Gasteiger partial charge on any atom is 0.317 e. The van der Waals surface area contributed by atoms with Gasteiger partial charge in [0.1, 0.15) is 5.82 Å². The summed E-state index contributed by atoms with van der Waals surface area (Å²) in [6.45, 7) is 1.70. The fourth-order valence-corrected chi connectivity index (χ4v) is 2.25. The lowest BCUT2D eigenvalue weighted by Gasteiger charge is -2.16. The Morgan fingerprint density at radius 1 is 1.58 bits per heavy atom. The molecule has 0 saturated carbocycles. The van der Waals surface area contributed by atoms with Crippen molar-refractivity contribution in [2.24, 2.45) is 5.92 Å². The van der Waals surface area contributed by atoms with Gasteiger partial charge in [-0.15, -0.1) is 0 Å². The SMILES string of the molecule is O=C(O)CCC1CCN(C(=O)NCc2ncc[nH]2)C1. The summed E-state index contributed by atoms with van der Waals surface area (Å²) in [5.41, 5.74) is 0. The molecule has 1 atom stereocenters.